The quantitative estimate of drug-likeness (QED) is 0.702. The molecule has 0 amide bonds. The summed E-state index contributed by atoms with van der Waals surface area (Å²) in [6.45, 7) is 5.04. The molecule has 0 radical (unpaired) electrons. The lowest BCUT2D eigenvalue weighted by Crippen LogP contribution is -1.96. The summed E-state index contributed by atoms with van der Waals surface area (Å²) in [6, 6.07) is 12.3. The first-order chi connectivity index (χ1) is 9.29. The summed E-state index contributed by atoms with van der Waals surface area (Å²) in [4.78, 5) is 4.42. The average molecular weight is 255 g/mol. The summed E-state index contributed by atoms with van der Waals surface area (Å²) in [5.41, 5.74) is 3.31. The topological polar surface area (TPSA) is 22.1 Å². The van der Waals surface area contributed by atoms with Crippen molar-refractivity contribution in [3.63, 3.8) is 0 Å². The number of unbranched alkanes of at least 4 members (excludes halogenated alkanes) is 2. The van der Waals surface area contributed by atoms with Crippen LogP contribution >= 0.6 is 0 Å². The number of pyridine rings is 1. The molecule has 2 aromatic rings. The number of aromatic nitrogens is 1. The van der Waals surface area contributed by atoms with Crippen LogP contribution in [0.2, 0.25) is 0 Å². The lowest BCUT2D eigenvalue weighted by atomic mass is 10.1. The van der Waals surface area contributed by atoms with Crippen LogP contribution in [-0.2, 0) is 0 Å². The molecule has 0 unspecified atom stereocenters. The molecule has 0 aliphatic rings. The van der Waals surface area contributed by atoms with Gasteiger partial charge >= 0.3 is 0 Å². The summed E-state index contributed by atoms with van der Waals surface area (Å²) >= 11 is 0. The SMILES string of the molecule is CCCCCOc1ccc(-c2ccc(C)cn2)cc1. The van der Waals surface area contributed by atoms with Gasteiger partial charge in [-0.3, -0.25) is 4.98 Å². The Labute approximate surface area is 115 Å². The minimum absolute atomic E-state index is 0.802. The molecule has 0 spiro atoms. The van der Waals surface area contributed by atoms with Crippen LogP contribution in [0.5, 0.6) is 5.75 Å². The third-order valence-electron chi connectivity index (χ3n) is 3.08. The van der Waals surface area contributed by atoms with Gasteiger partial charge in [-0.15, -0.1) is 0 Å². The minimum Gasteiger partial charge on any atom is -0.494 e. The third-order valence-corrected chi connectivity index (χ3v) is 3.08. The first kappa shape index (κ1) is 13.6. The number of aryl methyl sites for hydroxylation is 1. The Morgan fingerprint density at radius 1 is 1.00 bits per heavy atom. The van der Waals surface area contributed by atoms with Crippen LogP contribution in [0.4, 0.5) is 0 Å². The van der Waals surface area contributed by atoms with Gasteiger partial charge in [0.05, 0.1) is 12.3 Å². The largest absolute Gasteiger partial charge is 0.494 e. The van der Waals surface area contributed by atoms with E-state index in [9.17, 15) is 0 Å². The van der Waals surface area contributed by atoms with Crippen LogP contribution < -0.4 is 4.74 Å². The first-order valence-corrected chi connectivity index (χ1v) is 6.95. The fraction of sp³-hybridized carbons (Fsp3) is 0.353. The number of ether oxygens (including phenoxy) is 1. The van der Waals surface area contributed by atoms with Gasteiger partial charge < -0.3 is 4.74 Å². The molecule has 0 aliphatic heterocycles. The van der Waals surface area contributed by atoms with Crippen molar-refractivity contribution in [3.8, 4) is 17.0 Å². The predicted molar refractivity (Wildman–Crippen MR) is 79.4 cm³/mol. The van der Waals surface area contributed by atoms with Crippen molar-refractivity contribution in [2.75, 3.05) is 6.61 Å². The van der Waals surface area contributed by atoms with Crippen molar-refractivity contribution in [3.05, 3.63) is 48.2 Å². The lowest BCUT2D eigenvalue weighted by Gasteiger charge is -2.07. The van der Waals surface area contributed by atoms with E-state index in [1.165, 1.54) is 18.4 Å². The summed E-state index contributed by atoms with van der Waals surface area (Å²) in [5, 5.41) is 0. The van der Waals surface area contributed by atoms with Crippen molar-refractivity contribution in [1.29, 1.82) is 0 Å². The zero-order valence-electron chi connectivity index (χ0n) is 11.7. The molecule has 100 valence electrons. The Bertz CT molecular complexity index is 488. The maximum atomic E-state index is 5.70. The number of nitrogens with zero attached hydrogens (tertiary/aromatic N) is 1. The highest BCUT2D eigenvalue weighted by molar-refractivity contribution is 5.59. The number of hydrogen-bond donors (Lipinski definition) is 0. The van der Waals surface area contributed by atoms with Gasteiger partial charge in [0.1, 0.15) is 5.75 Å². The van der Waals surface area contributed by atoms with Gasteiger partial charge in [-0.2, -0.15) is 0 Å². The summed E-state index contributed by atoms with van der Waals surface area (Å²) in [6.07, 6.45) is 5.47. The van der Waals surface area contributed by atoms with E-state index in [4.69, 9.17) is 4.74 Å². The van der Waals surface area contributed by atoms with Gasteiger partial charge in [0, 0.05) is 11.8 Å². The number of benzene rings is 1. The monoisotopic (exact) mass is 255 g/mol. The molecule has 0 saturated carbocycles. The van der Waals surface area contributed by atoms with Crippen molar-refractivity contribution in [2.24, 2.45) is 0 Å². The van der Waals surface area contributed by atoms with Crippen LogP contribution in [-0.4, -0.2) is 11.6 Å². The van der Waals surface area contributed by atoms with E-state index in [0.29, 0.717) is 0 Å². The van der Waals surface area contributed by atoms with E-state index in [2.05, 4.69) is 30.1 Å². The molecular weight excluding hydrogens is 234 g/mol. The summed E-state index contributed by atoms with van der Waals surface area (Å²) in [7, 11) is 0. The Kier molecular flexibility index (Phi) is 4.96. The van der Waals surface area contributed by atoms with Crippen molar-refractivity contribution in [2.45, 2.75) is 33.1 Å². The van der Waals surface area contributed by atoms with E-state index in [0.717, 1.165) is 30.0 Å². The van der Waals surface area contributed by atoms with Crippen molar-refractivity contribution in [1.82, 2.24) is 4.98 Å². The summed E-state index contributed by atoms with van der Waals surface area (Å²) in [5.74, 6) is 0.937. The van der Waals surface area contributed by atoms with Crippen LogP contribution in [0.15, 0.2) is 42.6 Å². The molecular formula is C17H21NO. The lowest BCUT2D eigenvalue weighted by molar-refractivity contribution is 0.306. The molecule has 2 heteroatoms. The fourth-order valence-electron chi connectivity index (χ4n) is 1.90. The maximum Gasteiger partial charge on any atom is 0.119 e. The molecule has 19 heavy (non-hydrogen) atoms. The molecule has 2 rings (SSSR count). The Balaban J connectivity index is 1.96. The van der Waals surface area contributed by atoms with Gasteiger partial charge in [0.15, 0.2) is 0 Å². The minimum atomic E-state index is 0.802. The second-order valence-corrected chi connectivity index (χ2v) is 4.80. The fourth-order valence-corrected chi connectivity index (χ4v) is 1.90. The van der Waals surface area contributed by atoms with Crippen LogP contribution in [0, 0.1) is 6.92 Å². The standard InChI is InChI=1S/C17H21NO/c1-3-4-5-12-19-16-9-7-15(8-10-16)17-11-6-14(2)13-18-17/h6-11,13H,3-5,12H2,1-2H3. The Hall–Kier alpha value is -1.83. The average Bonchev–Trinajstić information content (AvgIpc) is 2.45. The van der Waals surface area contributed by atoms with Gasteiger partial charge in [-0.1, -0.05) is 25.8 Å². The van der Waals surface area contributed by atoms with Crippen molar-refractivity contribution < 1.29 is 4.74 Å². The van der Waals surface area contributed by atoms with E-state index < -0.39 is 0 Å². The second kappa shape index (κ2) is 6.93. The van der Waals surface area contributed by atoms with E-state index >= 15 is 0 Å². The molecule has 0 bridgehead atoms. The molecule has 0 saturated heterocycles. The van der Waals surface area contributed by atoms with E-state index in [1.807, 2.05) is 31.3 Å². The highest BCUT2D eigenvalue weighted by Crippen LogP contribution is 2.21. The zero-order valence-corrected chi connectivity index (χ0v) is 11.7. The molecule has 1 aromatic carbocycles. The normalized spacial score (nSPS) is 10.4. The molecule has 0 N–H and O–H groups in total. The number of hydrogen-bond acceptors (Lipinski definition) is 2. The Morgan fingerprint density at radius 3 is 2.42 bits per heavy atom. The second-order valence-electron chi connectivity index (χ2n) is 4.80. The Morgan fingerprint density at radius 2 is 1.79 bits per heavy atom. The third kappa shape index (κ3) is 4.09. The molecule has 1 heterocycles. The van der Waals surface area contributed by atoms with Gasteiger partial charge in [-0.25, -0.2) is 0 Å². The zero-order chi connectivity index (χ0) is 13.5. The van der Waals surface area contributed by atoms with Crippen LogP contribution in [0.1, 0.15) is 31.7 Å². The predicted octanol–water partition coefficient (Wildman–Crippen LogP) is 4.63. The van der Waals surface area contributed by atoms with Crippen LogP contribution in [0.3, 0.4) is 0 Å². The molecule has 0 fully saturated rings. The molecule has 1 aromatic heterocycles. The highest BCUT2D eigenvalue weighted by atomic mass is 16.5. The van der Waals surface area contributed by atoms with Gasteiger partial charge in [0.25, 0.3) is 0 Å². The molecule has 2 nitrogen and oxygen atoms in total. The van der Waals surface area contributed by atoms with Crippen LogP contribution in [0.25, 0.3) is 11.3 Å². The van der Waals surface area contributed by atoms with E-state index in [-0.39, 0.29) is 0 Å². The molecule has 0 aliphatic carbocycles. The van der Waals surface area contributed by atoms with Crippen molar-refractivity contribution >= 4 is 0 Å². The highest BCUT2D eigenvalue weighted by Gasteiger charge is 1.99. The van der Waals surface area contributed by atoms with E-state index in [1.54, 1.807) is 0 Å². The molecule has 0 atom stereocenters. The van der Waals surface area contributed by atoms with Gasteiger partial charge in [-0.05, 0) is 49.2 Å². The van der Waals surface area contributed by atoms with Gasteiger partial charge in [0.2, 0.25) is 0 Å². The first-order valence-electron chi connectivity index (χ1n) is 6.95. The summed E-state index contributed by atoms with van der Waals surface area (Å²) < 4.78 is 5.70. The number of rotatable bonds is 6. The smallest absolute Gasteiger partial charge is 0.119 e. The maximum absolute atomic E-state index is 5.70.